The van der Waals surface area contributed by atoms with Crippen molar-refractivity contribution in [2.75, 3.05) is 82.5 Å². The molecule has 3 atom stereocenters. The van der Waals surface area contributed by atoms with E-state index in [1.807, 2.05) is 62.3 Å². The van der Waals surface area contributed by atoms with Crippen LogP contribution in [0.25, 0.3) is 0 Å². The fourth-order valence-corrected chi connectivity index (χ4v) is 16.5. The molecule has 0 heterocycles. The summed E-state index contributed by atoms with van der Waals surface area (Å²) >= 11 is 0. The maximum absolute atomic E-state index is 5.93. The fourth-order valence-electron chi connectivity index (χ4n) is 11.9. The molecule has 0 spiro atoms. The van der Waals surface area contributed by atoms with Crippen molar-refractivity contribution in [1.82, 2.24) is 0 Å². The number of rotatable bonds is 64. The summed E-state index contributed by atoms with van der Waals surface area (Å²) in [6.45, 7) is 23.7. The third-order valence-corrected chi connectivity index (χ3v) is 20.9. The molecule has 0 aromatic carbocycles. The zero-order valence-electron chi connectivity index (χ0n) is 53.6. The van der Waals surface area contributed by atoms with Crippen LogP contribution in [0.15, 0.2) is 0 Å². The lowest BCUT2D eigenvalue weighted by molar-refractivity contribution is -0.380. The molecule has 1 rings (SSSR count). The van der Waals surface area contributed by atoms with Gasteiger partial charge in [-0.3, -0.25) is 0 Å². The van der Waals surface area contributed by atoms with Gasteiger partial charge in [-0.1, -0.05) is 210 Å². The highest BCUT2D eigenvalue weighted by Crippen LogP contribution is 2.42. The second-order valence-corrected chi connectivity index (χ2v) is 27.7. The van der Waals surface area contributed by atoms with Crippen molar-refractivity contribution in [2.45, 2.75) is 324 Å². The summed E-state index contributed by atoms with van der Waals surface area (Å²) in [5.41, 5.74) is 0. The van der Waals surface area contributed by atoms with Gasteiger partial charge in [0, 0.05) is 102 Å². The molecule has 3 unspecified atom stereocenters. The average molecular weight is 1200 g/mol. The number of ether oxygens (including phenoxy) is 9. The van der Waals surface area contributed by atoms with Crippen LogP contribution in [0.1, 0.15) is 306 Å². The van der Waals surface area contributed by atoms with Gasteiger partial charge in [-0.25, -0.2) is 0 Å². The van der Waals surface area contributed by atoms with Gasteiger partial charge in [0.1, 0.15) is 0 Å². The maximum atomic E-state index is 5.93. The van der Waals surface area contributed by atoms with Crippen molar-refractivity contribution < 1.29 is 42.6 Å². The molecule has 474 valence electrons. The maximum Gasteiger partial charge on any atom is 0.282 e. The van der Waals surface area contributed by atoms with Crippen LogP contribution in [0, 0.1) is 17.8 Å². The van der Waals surface area contributed by atoms with Crippen LogP contribution in [0.2, 0.25) is 0 Å². The van der Waals surface area contributed by atoms with E-state index in [0.29, 0.717) is 59.5 Å². The van der Waals surface area contributed by atoms with Crippen molar-refractivity contribution in [3.63, 3.8) is 0 Å². The minimum Gasteiger partial charge on any atom is -0.328 e. The Kier molecular flexibility index (Phi) is 56.1. The van der Waals surface area contributed by atoms with Crippen LogP contribution in [-0.2, 0) is 42.6 Å². The van der Waals surface area contributed by atoms with Crippen molar-refractivity contribution >= 4 is 43.2 Å². The molecular weight excluding hydrogens is 1060 g/mol. The van der Waals surface area contributed by atoms with Gasteiger partial charge >= 0.3 is 0 Å². The van der Waals surface area contributed by atoms with Crippen LogP contribution in [0.4, 0.5) is 0 Å². The largest absolute Gasteiger partial charge is 0.328 e. The van der Waals surface area contributed by atoms with Crippen LogP contribution >= 0.6 is 43.2 Å². The molecule has 1 fully saturated rings. The van der Waals surface area contributed by atoms with E-state index in [0.717, 1.165) is 56.3 Å². The van der Waals surface area contributed by atoms with E-state index in [-0.39, 0.29) is 0 Å². The molecule has 0 aliphatic heterocycles. The Hall–Kier alpha value is 1.04. The standard InChI is InChI=1S/C66H132O9S4/c1-10-67-64(68-11-2,69-12-3)53-43-37-31-25-19-21-28-34-40-46-56-76-78-58-51-61-49-50-62(48-42-36-30-24-23-27-33-39-45-55-66(73-16-7,74-17-8)75-18-9)63(60-61)52-59-79-77-57-47-41-35-29-22-20-26-32-38-44-54-65(70-13-4,71-14-5)72-15-6/h61-63H,10-60H2,1-9H3. The Bertz CT molecular complexity index is 1190. The minimum atomic E-state index is -0.845. The van der Waals surface area contributed by atoms with E-state index in [4.69, 9.17) is 42.6 Å². The average Bonchev–Trinajstić information content (AvgIpc) is 3.43. The molecule has 13 heteroatoms. The highest BCUT2D eigenvalue weighted by Gasteiger charge is 2.34. The molecule has 0 aromatic heterocycles. The Labute approximate surface area is 507 Å². The summed E-state index contributed by atoms with van der Waals surface area (Å²) in [5.74, 6) is 5.66. The lowest BCUT2D eigenvalue weighted by Crippen LogP contribution is -2.39. The van der Waals surface area contributed by atoms with E-state index in [2.05, 4.69) is 43.2 Å². The number of unbranched alkanes of at least 4 members (excludes halogenated alkanes) is 26. The second-order valence-electron chi connectivity index (χ2n) is 22.3. The first kappa shape index (κ1) is 78.1. The van der Waals surface area contributed by atoms with Gasteiger partial charge in [-0.15, -0.1) is 0 Å². The molecule has 1 aliphatic carbocycles. The van der Waals surface area contributed by atoms with Gasteiger partial charge < -0.3 is 42.6 Å². The Morgan fingerprint density at radius 2 is 0.506 bits per heavy atom. The molecule has 0 N–H and O–H groups in total. The Morgan fingerprint density at radius 1 is 0.253 bits per heavy atom. The predicted molar refractivity (Wildman–Crippen MR) is 349 cm³/mol. The van der Waals surface area contributed by atoms with E-state index in [1.54, 1.807) is 0 Å². The van der Waals surface area contributed by atoms with Gasteiger partial charge in [0.2, 0.25) is 0 Å². The predicted octanol–water partition coefficient (Wildman–Crippen LogP) is 21.7. The van der Waals surface area contributed by atoms with Gasteiger partial charge in [-0.2, -0.15) is 0 Å². The zero-order chi connectivity index (χ0) is 57.5. The van der Waals surface area contributed by atoms with Gasteiger partial charge in [0.05, 0.1) is 0 Å². The topological polar surface area (TPSA) is 83.1 Å². The van der Waals surface area contributed by atoms with E-state index < -0.39 is 17.9 Å². The summed E-state index contributed by atoms with van der Waals surface area (Å²) < 4.78 is 53.2. The van der Waals surface area contributed by atoms with Crippen LogP contribution in [0.3, 0.4) is 0 Å². The molecule has 0 radical (unpaired) electrons. The smallest absolute Gasteiger partial charge is 0.282 e. The summed E-state index contributed by atoms with van der Waals surface area (Å²) in [5, 5.41) is 0. The van der Waals surface area contributed by atoms with Gasteiger partial charge in [-0.05, 0) is 138 Å². The SMILES string of the molecule is CCOC(CCCCCCCCCCCCSSCCC1CCC(CCCCCCCCCCCC(OCC)(OCC)OCC)C(CCSSCCCCCCCCCCCCC(OCC)(OCC)OCC)C1)(OCC)OCC. The van der Waals surface area contributed by atoms with Crippen molar-refractivity contribution in [2.24, 2.45) is 17.8 Å². The van der Waals surface area contributed by atoms with Crippen LogP contribution in [-0.4, -0.2) is 100 Å². The second kappa shape index (κ2) is 56.8. The molecule has 1 aliphatic rings. The first-order valence-corrected chi connectivity index (χ1v) is 39.0. The highest BCUT2D eigenvalue weighted by atomic mass is 33.1. The quantitative estimate of drug-likeness (QED) is 0.0330. The molecule has 0 saturated heterocycles. The van der Waals surface area contributed by atoms with Crippen LogP contribution in [0.5, 0.6) is 0 Å². The molecule has 79 heavy (non-hydrogen) atoms. The summed E-state index contributed by atoms with van der Waals surface area (Å²) in [6.07, 6.45) is 49.9. The fraction of sp³-hybridized carbons (Fsp3) is 1.00. The van der Waals surface area contributed by atoms with E-state index in [9.17, 15) is 0 Å². The number of hydrogen-bond donors (Lipinski definition) is 0. The van der Waals surface area contributed by atoms with Crippen molar-refractivity contribution in [1.29, 1.82) is 0 Å². The van der Waals surface area contributed by atoms with Crippen LogP contribution < -0.4 is 0 Å². The molecular formula is C66H132O9S4. The first-order chi connectivity index (χ1) is 38.8. The summed E-state index contributed by atoms with van der Waals surface area (Å²) in [6, 6.07) is 0. The molecule has 0 amide bonds. The Morgan fingerprint density at radius 3 is 0.810 bits per heavy atom. The van der Waals surface area contributed by atoms with Crippen molar-refractivity contribution in [3.8, 4) is 0 Å². The molecule has 9 nitrogen and oxygen atoms in total. The highest BCUT2D eigenvalue weighted by molar-refractivity contribution is 8.77. The summed E-state index contributed by atoms with van der Waals surface area (Å²) in [7, 11) is 8.70. The normalized spacial score (nSPS) is 16.4. The molecule has 0 bridgehead atoms. The molecule has 1 saturated carbocycles. The molecule has 0 aromatic rings. The van der Waals surface area contributed by atoms with Gasteiger partial charge in [0.15, 0.2) is 0 Å². The zero-order valence-corrected chi connectivity index (χ0v) is 56.9. The van der Waals surface area contributed by atoms with Gasteiger partial charge in [0.25, 0.3) is 17.9 Å². The van der Waals surface area contributed by atoms with Crippen molar-refractivity contribution in [3.05, 3.63) is 0 Å². The number of hydrogen-bond acceptors (Lipinski definition) is 13. The summed E-state index contributed by atoms with van der Waals surface area (Å²) in [4.78, 5) is 0. The third kappa shape index (κ3) is 42.5. The first-order valence-electron chi connectivity index (χ1n) is 34.0. The Balaban J connectivity index is 2.33. The van der Waals surface area contributed by atoms with E-state index >= 15 is 0 Å². The minimum absolute atomic E-state index is 0.612. The monoisotopic (exact) mass is 1200 g/mol. The lowest BCUT2D eigenvalue weighted by atomic mass is 9.70. The lowest BCUT2D eigenvalue weighted by Gasteiger charge is -2.36. The third-order valence-electron chi connectivity index (χ3n) is 15.9. The van der Waals surface area contributed by atoms with E-state index in [1.165, 1.54) is 228 Å².